The van der Waals surface area contributed by atoms with E-state index in [1.807, 2.05) is 6.92 Å². The summed E-state index contributed by atoms with van der Waals surface area (Å²) in [7, 11) is 0. The highest BCUT2D eigenvalue weighted by Gasteiger charge is 2.32. The highest BCUT2D eigenvalue weighted by molar-refractivity contribution is 5.96. The summed E-state index contributed by atoms with van der Waals surface area (Å²) in [6, 6.07) is 4.27. The Bertz CT molecular complexity index is 925. The standard InChI is InChI=1S/C20H19F2N3O3/c1-12-11-24(7-8-28-12)20(27)15-5-4-13(9-16(15)21)14-3-2-6-25-18(26)10-17(22)23-19(14)25/h2-6,9-10,12,19,23H,7-8,11H2,1H3/t12-,19?/m0/s1. The minimum absolute atomic E-state index is 0.0274. The number of fused-ring (bicyclic) bond motifs is 1. The molecular weight excluding hydrogens is 368 g/mol. The lowest BCUT2D eigenvalue weighted by Crippen LogP contribution is -2.49. The van der Waals surface area contributed by atoms with Crippen molar-refractivity contribution in [1.82, 2.24) is 15.1 Å². The van der Waals surface area contributed by atoms with Crippen LogP contribution in [0.25, 0.3) is 5.57 Å². The maximum atomic E-state index is 14.8. The minimum atomic E-state index is -0.774. The molecule has 0 aliphatic carbocycles. The number of carbonyl (C=O) groups excluding carboxylic acids is 2. The Kier molecular flexibility index (Phi) is 4.72. The van der Waals surface area contributed by atoms with Crippen LogP contribution in [0.2, 0.25) is 0 Å². The van der Waals surface area contributed by atoms with Gasteiger partial charge in [0.2, 0.25) is 0 Å². The number of ether oxygens (including phenoxy) is 1. The highest BCUT2D eigenvalue weighted by atomic mass is 19.1. The molecule has 4 rings (SSSR count). The van der Waals surface area contributed by atoms with Gasteiger partial charge in [0, 0.05) is 24.9 Å². The maximum absolute atomic E-state index is 14.8. The molecule has 1 aromatic rings. The summed E-state index contributed by atoms with van der Waals surface area (Å²) in [4.78, 5) is 27.5. The van der Waals surface area contributed by atoms with E-state index in [1.165, 1.54) is 23.2 Å². The number of rotatable bonds is 2. The smallest absolute Gasteiger partial charge is 0.256 e. The van der Waals surface area contributed by atoms with Crippen LogP contribution in [0.4, 0.5) is 8.78 Å². The van der Waals surface area contributed by atoms with E-state index in [-0.39, 0.29) is 11.7 Å². The topological polar surface area (TPSA) is 61.9 Å². The minimum Gasteiger partial charge on any atom is -0.375 e. The van der Waals surface area contributed by atoms with Gasteiger partial charge < -0.3 is 15.0 Å². The molecule has 0 bridgehead atoms. The Balaban J connectivity index is 1.60. The fourth-order valence-corrected chi connectivity index (χ4v) is 3.57. The van der Waals surface area contributed by atoms with Crippen LogP contribution < -0.4 is 5.32 Å². The predicted octanol–water partition coefficient (Wildman–Crippen LogP) is 2.17. The van der Waals surface area contributed by atoms with E-state index in [0.29, 0.717) is 30.8 Å². The van der Waals surface area contributed by atoms with Crippen LogP contribution in [-0.2, 0) is 9.53 Å². The molecule has 6 nitrogen and oxygen atoms in total. The molecule has 0 spiro atoms. The number of carbonyl (C=O) groups is 2. The SMILES string of the molecule is C[C@H]1CN(C(=O)c2ccc(C3=CC=CN4C(=O)C=C(F)NC34)cc2F)CCO1. The molecule has 28 heavy (non-hydrogen) atoms. The number of nitrogens with one attached hydrogen (secondary N) is 1. The Morgan fingerprint density at radius 1 is 1.32 bits per heavy atom. The number of benzene rings is 1. The lowest BCUT2D eigenvalue weighted by atomic mass is 9.97. The van der Waals surface area contributed by atoms with Crippen LogP contribution in [0.3, 0.4) is 0 Å². The van der Waals surface area contributed by atoms with Crippen LogP contribution in [0.5, 0.6) is 0 Å². The summed E-state index contributed by atoms with van der Waals surface area (Å²) < 4.78 is 33.9. The Labute approximate surface area is 160 Å². The summed E-state index contributed by atoms with van der Waals surface area (Å²) in [5.41, 5.74) is 0.955. The van der Waals surface area contributed by atoms with Crippen LogP contribution in [0, 0.1) is 5.82 Å². The molecule has 2 atom stereocenters. The van der Waals surface area contributed by atoms with E-state index in [0.717, 1.165) is 6.08 Å². The number of allylic oxidation sites excluding steroid dienone is 2. The molecule has 3 heterocycles. The van der Waals surface area contributed by atoms with Gasteiger partial charge in [0.15, 0.2) is 5.95 Å². The van der Waals surface area contributed by atoms with Crippen LogP contribution in [0.1, 0.15) is 22.8 Å². The number of nitrogens with zero attached hydrogens (tertiary/aromatic N) is 2. The van der Waals surface area contributed by atoms with Gasteiger partial charge in [-0.1, -0.05) is 12.1 Å². The molecule has 146 valence electrons. The largest absolute Gasteiger partial charge is 0.375 e. The van der Waals surface area contributed by atoms with E-state index in [4.69, 9.17) is 4.74 Å². The normalized spacial score (nSPS) is 24.3. The van der Waals surface area contributed by atoms with Crippen molar-refractivity contribution in [2.75, 3.05) is 19.7 Å². The lowest BCUT2D eigenvalue weighted by Gasteiger charge is -2.35. The van der Waals surface area contributed by atoms with E-state index in [2.05, 4.69) is 5.32 Å². The van der Waals surface area contributed by atoms with Crippen molar-refractivity contribution < 1.29 is 23.1 Å². The number of hydrogen-bond acceptors (Lipinski definition) is 4. The molecule has 1 saturated heterocycles. The van der Waals surface area contributed by atoms with Gasteiger partial charge in [0.05, 0.1) is 24.4 Å². The summed E-state index contributed by atoms with van der Waals surface area (Å²) in [6.07, 6.45) is 4.83. The molecule has 0 saturated carbocycles. The van der Waals surface area contributed by atoms with Crippen molar-refractivity contribution in [3.8, 4) is 0 Å². The number of hydrogen-bond donors (Lipinski definition) is 1. The average molecular weight is 387 g/mol. The molecule has 8 heteroatoms. The Hall–Kier alpha value is -3.00. The van der Waals surface area contributed by atoms with E-state index < -0.39 is 29.7 Å². The van der Waals surface area contributed by atoms with Gasteiger partial charge >= 0.3 is 0 Å². The zero-order valence-electron chi connectivity index (χ0n) is 15.2. The second-order valence-corrected chi connectivity index (χ2v) is 6.88. The van der Waals surface area contributed by atoms with Gasteiger partial charge in [-0.05, 0) is 30.7 Å². The van der Waals surface area contributed by atoms with Crippen LogP contribution >= 0.6 is 0 Å². The van der Waals surface area contributed by atoms with Gasteiger partial charge in [0.25, 0.3) is 11.8 Å². The predicted molar refractivity (Wildman–Crippen MR) is 97.8 cm³/mol. The third-order valence-electron chi connectivity index (χ3n) is 4.94. The summed E-state index contributed by atoms with van der Waals surface area (Å²) in [5.74, 6) is -2.31. The third-order valence-corrected chi connectivity index (χ3v) is 4.94. The zero-order valence-corrected chi connectivity index (χ0v) is 15.2. The molecule has 2 amide bonds. The van der Waals surface area contributed by atoms with Gasteiger partial charge in [-0.25, -0.2) is 4.39 Å². The van der Waals surface area contributed by atoms with Crippen LogP contribution in [0.15, 0.2) is 48.6 Å². The summed E-state index contributed by atoms with van der Waals surface area (Å²) in [6.45, 7) is 3.10. The third kappa shape index (κ3) is 3.31. The fourth-order valence-electron chi connectivity index (χ4n) is 3.57. The number of morpholine rings is 1. The van der Waals surface area contributed by atoms with Crippen molar-refractivity contribution in [3.63, 3.8) is 0 Å². The fraction of sp³-hybridized carbons (Fsp3) is 0.300. The van der Waals surface area contributed by atoms with E-state index in [1.54, 1.807) is 23.1 Å². The first-order chi connectivity index (χ1) is 13.4. The maximum Gasteiger partial charge on any atom is 0.256 e. The van der Waals surface area contributed by atoms with Gasteiger partial charge in [0.1, 0.15) is 12.0 Å². The molecular formula is C20H19F2N3O3. The first-order valence-electron chi connectivity index (χ1n) is 8.99. The quantitative estimate of drug-likeness (QED) is 0.791. The summed E-state index contributed by atoms with van der Waals surface area (Å²) in [5, 5.41) is 2.58. The van der Waals surface area contributed by atoms with E-state index in [9.17, 15) is 18.4 Å². The second-order valence-electron chi connectivity index (χ2n) is 6.88. The molecule has 0 aromatic heterocycles. The highest BCUT2D eigenvalue weighted by Crippen LogP contribution is 2.29. The molecule has 1 unspecified atom stereocenters. The van der Waals surface area contributed by atoms with Gasteiger partial charge in [-0.2, -0.15) is 4.39 Å². The van der Waals surface area contributed by atoms with E-state index >= 15 is 0 Å². The molecule has 0 radical (unpaired) electrons. The molecule has 1 fully saturated rings. The van der Waals surface area contributed by atoms with Crippen molar-refractivity contribution in [1.29, 1.82) is 0 Å². The monoisotopic (exact) mass is 387 g/mol. The van der Waals surface area contributed by atoms with Crippen molar-refractivity contribution in [3.05, 3.63) is 65.5 Å². The van der Waals surface area contributed by atoms with Gasteiger partial charge in [-0.15, -0.1) is 0 Å². The van der Waals surface area contributed by atoms with Crippen molar-refractivity contribution >= 4 is 17.4 Å². The molecule has 3 aliphatic rings. The van der Waals surface area contributed by atoms with Gasteiger partial charge in [-0.3, -0.25) is 14.5 Å². The molecule has 3 aliphatic heterocycles. The van der Waals surface area contributed by atoms with Crippen molar-refractivity contribution in [2.24, 2.45) is 0 Å². The molecule has 1 N–H and O–H groups in total. The number of amides is 2. The Morgan fingerprint density at radius 2 is 2.14 bits per heavy atom. The Morgan fingerprint density at radius 3 is 2.89 bits per heavy atom. The zero-order chi connectivity index (χ0) is 19.8. The number of halogens is 2. The lowest BCUT2D eigenvalue weighted by molar-refractivity contribution is -0.125. The first kappa shape index (κ1) is 18.4. The van der Waals surface area contributed by atoms with Crippen LogP contribution in [-0.4, -0.2) is 53.6 Å². The second kappa shape index (κ2) is 7.20. The average Bonchev–Trinajstić information content (AvgIpc) is 2.67. The van der Waals surface area contributed by atoms with Crippen molar-refractivity contribution in [2.45, 2.75) is 19.2 Å². The molecule has 1 aromatic carbocycles. The first-order valence-corrected chi connectivity index (χ1v) is 8.99. The summed E-state index contributed by atoms with van der Waals surface area (Å²) >= 11 is 0.